The second-order valence-corrected chi connectivity index (χ2v) is 4.89. The second kappa shape index (κ2) is 4.92. The summed E-state index contributed by atoms with van der Waals surface area (Å²) in [7, 11) is 0. The monoisotopic (exact) mass is 223 g/mol. The Morgan fingerprint density at radius 2 is 2.19 bits per heavy atom. The molecule has 0 amide bonds. The molecule has 0 radical (unpaired) electrons. The maximum absolute atomic E-state index is 11.1. The molecular formula is C11H17N3O2. The number of carboxylic acids is 1. The van der Waals surface area contributed by atoms with E-state index in [4.69, 9.17) is 5.11 Å². The first-order chi connectivity index (χ1) is 7.38. The van der Waals surface area contributed by atoms with E-state index >= 15 is 0 Å². The molecule has 0 saturated carbocycles. The standard InChI is InChI=1S/C11H17N3O2/c1-11(2,3)6-8(10(15)16)14-9-7-12-4-5-13-9/h4-5,7-8H,6H2,1-3H3,(H,13,14)(H,15,16)/t8-/m0/s1. The summed E-state index contributed by atoms with van der Waals surface area (Å²) in [5.41, 5.74) is -0.0573. The molecule has 0 fully saturated rings. The van der Waals surface area contributed by atoms with Crippen molar-refractivity contribution < 1.29 is 9.90 Å². The van der Waals surface area contributed by atoms with Crippen LogP contribution in [0.4, 0.5) is 5.82 Å². The maximum atomic E-state index is 11.1. The normalized spacial score (nSPS) is 13.2. The molecular weight excluding hydrogens is 206 g/mol. The topological polar surface area (TPSA) is 75.1 Å². The molecule has 1 aromatic heterocycles. The minimum atomic E-state index is -0.874. The number of hydrogen-bond donors (Lipinski definition) is 2. The van der Waals surface area contributed by atoms with Crippen molar-refractivity contribution in [2.45, 2.75) is 33.2 Å². The summed E-state index contributed by atoms with van der Waals surface area (Å²) < 4.78 is 0. The van der Waals surface area contributed by atoms with E-state index < -0.39 is 12.0 Å². The number of anilines is 1. The summed E-state index contributed by atoms with van der Waals surface area (Å²) in [5.74, 6) is -0.389. The van der Waals surface area contributed by atoms with Crippen molar-refractivity contribution in [1.29, 1.82) is 0 Å². The van der Waals surface area contributed by atoms with Crippen LogP contribution >= 0.6 is 0 Å². The molecule has 0 spiro atoms. The van der Waals surface area contributed by atoms with Crippen LogP contribution in [0, 0.1) is 5.41 Å². The van der Waals surface area contributed by atoms with Crippen molar-refractivity contribution in [2.24, 2.45) is 5.41 Å². The minimum absolute atomic E-state index is 0.0573. The van der Waals surface area contributed by atoms with Gasteiger partial charge >= 0.3 is 5.97 Å². The molecule has 5 heteroatoms. The highest BCUT2D eigenvalue weighted by molar-refractivity contribution is 5.76. The predicted octanol–water partition coefficient (Wildman–Crippen LogP) is 1.78. The van der Waals surface area contributed by atoms with E-state index in [2.05, 4.69) is 15.3 Å². The van der Waals surface area contributed by atoms with Gasteiger partial charge in [0.25, 0.3) is 0 Å². The van der Waals surface area contributed by atoms with Crippen LogP contribution in [-0.2, 0) is 4.79 Å². The number of nitrogens with zero attached hydrogens (tertiary/aromatic N) is 2. The number of nitrogens with one attached hydrogen (secondary N) is 1. The van der Waals surface area contributed by atoms with E-state index in [-0.39, 0.29) is 5.41 Å². The van der Waals surface area contributed by atoms with Gasteiger partial charge in [0.2, 0.25) is 0 Å². The summed E-state index contributed by atoms with van der Waals surface area (Å²) in [6.07, 6.45) is 5.11. The van der Waals surface area contributed by atoms with Crippen LogP contribution in [0.1, 0.15) is 27.2 Å². The van der Waals surface area contributed by atoms with Crippen molar-refractivity contribution in [2.75, 3.05) is 5.32 Å². The maximum Gasteiger partial charge on any atom is 0.326 e. The molecule has 16 heavy (non-hydrogen) atoms. The minimum Gasteiger partial charge on any atom is -0.480 e. The third-order valence-electron chi connectivity index (χ3n) is 2.00. The van der Waals surface area contributed by atoms with E-state index in [1.54, 1.807) is 6.20 Å². The lowest BCUT2D eigenvalue weighted by Crippen LogP contribution is -2.33. The fraction of sp³-hybridized carbons (Fsp3) is 0.545. The van der Waals surface area contributed by atoms with Gasteiger partial charge in [-0.05, 0) is 11.8 Å². The summed E-state index contributed by atoms with van der Waals surface area (Å²) in [5, 5.41) is 11.9. The van der Waals surface area contributed by atoms with Crippen molar-refractivity contribution in [3.8, 4) is 0 Å². The Hall–Kier alpha value is -1.65. The Kier molecular flexibility index (Phi) is 3.82. The van der Waals surface area contributed by atoms with E-state index in [1.165, 1.54) is 12.4 Å². The first-order valence-electron chi connectivity index (χ1n) is 5.14. The van der Waals surface area contributed by atoms with Crippen LogP contribution in [-0.4, -0.2) is 27.1 Å². The molecule has 88 valence electrons. The number of carboxylic acid groups (broad SMARTS) is 1. The Bertz CT molecular complexity index is 346. The number of hydrogen-bond acceptors (Lipinski definition) is 4. The lowest BCUT2D eigenvalue weighted by atomic mass is 9.88. The molecule has 2 N–H and O–H groups in total. The second-order valence-electron chi connectivity index (χ2n) is 4.89. The van der Waals surface area contributed by atoms with Crippen molar-refractivity contribution in [3.63, 3.8) is 0 Å². The zero-order valence-electron chi connectivity index (χ0n) is 9.77. The first kappa shape index (κ1) is 12.4. The first-order valence-corrected chi connectivity index (χ1v) is 5.14. The molecule has 5 nitrogen and oxygen atoms in total. The molecule has 0 aromatic carbocycles. The molecule has 0 saturated heterocycles. The van der Waals surface area contributed by atoms with Gasteiger partial charge in [0.15, 0.2) is 0 Å². The summed E-state index contributed by atoms with van der Waals surface area (Å²) in [6.45, 7) is 6.00. The van der Waals surface area contributed by atoms with Crippen LogP contribution in [0.15, 0.2) is 18.6 Å². The van der Waals surface area contributed by atoms with Crippen LogP contribution in [0.25, 0.3) is 0 Å². The van der Waals surface area contributed by atoms with Crippen LogP contribution < -0.4 is 5.32 Å². The van der Waals surface area contributed by atoms with Gasteiger partial charge in [-0.2, -0.15) is 0 Å². The van der Waals surface area contributed by atoms with Gasteiger partial charge in [-0.25, -0.2) is 9.78 Å². The van der Waals surface area contributed by atoms with Crippen LogP contribution in [0.2, 0.25) is 0 Å². The molecule has 1 aromatic rings. The fourth-order valence-corrected chi connectivity index (χ4v) is 1.36. The molecule has 0 unspecified atom stereocenters. The summed E-state index contributed by atoms with van der Waals surface area (Å²) in [4.78, 5) is 18.9. The Labute approximate surface area is 94.9 Å². The summed E-state index contributed by atoms with van der Waals surface area (Å²) >= 11 is 0. The third-order valence-corrected chi connectivity index (χ3v) is 2.00. The lowest BCUT2D eigenvalue weighted by Gasteiger charge is -2.24. The van der Waals surface area contributed by atoms with Crippen molar-refractivity contribution in [1.82, 2.24) is 9.97 Å². The average molecular weight is 223 g/mol. The fourth-order valence-electron chi connectivity index (χ4n) is 1.36. The van der Waals surface area contributed by atoms with Crippen molar-refractivity contribution >= 4 is 11.8 Å². The number of rotatable bonds is 4. The van der Waals surface area contributed by atoms with Crippen LogP contribution in [0.5, 0.6) is 0 Å². The SMILES string of the molecule is CC(C)(C)C[C@H](Nc1cnccn1)C(=O)O. The zero-order chi connectivity index (χ0) is 12.2. The lowest BCUT2D eigenvalue weighted by molar-refractivity contribution is -0.138. The molecule has 0 aliphatic carbocycles. The van der Waals surface area contributed by atoms with Crippen LogP contribution in [0.3, 0.4) is 0 Å². The largest absolute Gasteiger partial charge is 0.480 e. The van der Waals surface area contributed by atoms with Gasteiger partial charge in [-0.1, -0.05) is 20.8 Å². The molecule has 0 aliphatic heterocycles. The van der Waals surface area contributed by atoms with Gasteiger partial charge in [-0.3, -0.25) is 4.98 Å². The number of carbonyl (C=O) groups is 1. The zero-order valence-corrected chi connectivity index (χ0v) is 9.77. The smallest absolute Gasteiger partial charge is 0.326 e. The van der Waals surface area contributed by atoms with E-state index in [0.717, 1.165) is 0 Å². The van der Waals surface area contributed by atoms with Gasteiger partial charge in [0.1, 0.15) is 11.9 Å². The van der Waals surface area contributed by atoms with E-state index in [9.17, 15) is 4.79 Å². The highest BCUT2D eigenvalue weighted by Gasteiger charge is 2.24. The van der Waals surface area contributed by atoms with Gasteiger partial charge in [-0.15, -0.1) is 0 Å². The molecule has 1 heterocycles. The molecule has 1 rings (SSSR count). The summed E-state index contributed by atoms with van der Waals surface area (Å²) in [6, 6.07) is -0.642. The Balaban J connectivity index is 2.70. The molecule has 0 aliphatic rings. The van der Waals surface area contributed by atoms with E-state index in [1.807, 2.05) is 20.8 Å². The van der Waals surface area contributed by atoms with Gasteiger partial charge < -0.3 is 10.4 Å². The number of aliphatic carboxylic acids is 1. The van der Waals surface area contributed by atoms with Crippen molar-refractivity contribution in [3.05, 3.63) is 18.6 Å². The Morgan fingerprint density at radius 1 is 1.50 bits per heavy atom. The quantitative estimate of drug-likeness (QED) is 0.813. The highest BCUT2D eigenvalue weighted by atomic mass is 16.4. The highest BCUT2D eigenvalue weighted by Crippen LogP contribution is 2.22. The average Bonchev–Trinajstić information content (AvgIpc) is 2.16. The Morgan fingerprint density at radius 3 is 2.62 bits per heavy atom. The predicted molar refractivity (Wildman–Crippen MR) is 61.2 cm³/mol. The van der Waals surface area contributed by atoms with E-state index in [0.29, 0.717) is 12.2 Å². The molecule has 0 bridgehead atoms. The number of aromatic nitrogens is 2. The molecule has 1 atom stereocenters. The van der Waals surface area contributed by atoms with Gasteiger partial charge in [0, 0.05) is 12.4 Å². The van der Waals surface area contributed by atoms with Gasteiger partial charge in [0.05, 0.1) is 6.20 Å². The third kappa shape index (κ3) is 4.25.